The average molecular weight is 389 g/mol. The molecule has 29 heavy (non-hydrogen) atoms. The van der Waals surface area contributed by atoms with Crippen LogP contribution in [0.5, 0.6) is 0 Å². The maximum absolute atomic E-state index is 13.1. The van der Waals surface area contributed by atoms with Crippen LogP contribution in [0.4, 0.5) is 0 Å². The van der Waals surface area contributed by atoms with Gasteiger partial charge in [-0.2, -0.15) is 0 Å². The fraction of sp³-hybridized carbons (Fsp3) is 0.240. The Morgan fingerprint density at radius 1 is 0.793 bits per heavy atom. The molecule has 0 aliphatic carbocycles. The summed E-state index contributed by atoms with van der Waals surface area (Å²) in [4.78, 5) is 15.3. The highest BCUT2D eigenvalue weighted by molar-refractivity contribution is 5.81. The molecule has 4 heteroatoms. The minimum Gasteiger partial charge on any atom is -0.383 e. The molecular weight excluding hydrogens is 360 g/mol. The standard InChI is InChI=1S/C25H28N2O2/c1-29-20-24(25(28)26-17-21-11-5-2-6-12-21)27(18-22-13-7-3-8-14-22)19-23-15-9-4-10-16-23/h2-16,24H,17-20H2,1H3,(H,26,28). The van der Waals surface area contributed by atoms with E-state index in [4.69, 9.17) is 4.74 Å². The summed E-state index contributed by atoms with van der Waals surface area (Å²) < 4.78 is 5.43. The molecule has 0 aliphatic heterocycles. The fourth-order valence-electron chi connectivity index (χ4n) is 3.32. The van der Waals surface area contributed by atoms with Gasteiger partial charge in [0.2, 0.25) is 5.91 Å². The van der Waals surface area contributed by atoms with Crippen LogP contribution in [0.1, 0.15) is 16.7 Å². The van der Waals surface area contributed by atoms with Crippen molar-refractivity contribution in [3.05, 3.63) is 108 Å². The molecule has 3 aromatic rings. The van der Waals surface area contributed by atoms with Crippen LogP contribution in [0, 0.1) is 0 Å². The Kier molecular flexibility index (Phi) is 7.99. The monoisotopic (exact) mass is 388 g/mol. The van der Waals surface area contributed by atoms with Crippen LogP contribution in [0.15, 0.2) is 91.0 Å². The quantitative estimate of drug-likeness (QED) is 0.570. The summed E-state index contributed by atoms with van der Waals surface area (Å²) >= 11 is 0. The lowest BCUT2D eigenvalue weighted by Gasteiger charge is -2.30. The van der Waals surface area contributed by atoms with Crippen molar-refractivity contribution in [2.45, 2.75) is 25.7 Å². The third-order valence-corrected chi connectivity index (χ3v) is 4.83. The average Bonchev–Trinajstić information content (AvgIpc) is 2.77. The van der Waals surface area contributed by atoms with E-state index in [2.05, 4.69) is 34.5 Å². The van der Waals surface area contributed by atoms with E-state index in [0.29, 0.717) is 26.2 Å². The smallest absolute Gasteiger partial charge is 0.240 e. The van der Waals surface area contributed by atoms with Gasteiger partial charge in [-0.1, -0.05) is 91.0 Å². The Balaban J connectivity index is 1.77. The molecule has 3 rings (SSSR count). The van der Waals surface area contributed by atoms with E-state index in [-0.39, 0.29) is 11.9 Å². The van der Waals surface area contributed by atoms with E-state index >= 15 is 0 Å². The van der Waals surface area contributed by atoms with Gasteiger partial charge in [0.1, 0.15) is 6.04 Å². The van der Waals surface area contributed by atoms with E-state index in [1.165, 1.54) is 11.1 Å². The highest BCUT2D eigenvalue weighted by Gasteiger charge is 2.26. The van der Waals surface area contributed by atoms with Crippen LogP contribution in [-0.2, 0) is 29.2 Å². The highest BCUT2D eigenvalue weighted by Crippen LogP contribution is 2.14. The van der Waals surface area contributed by atoms with Gasteiger partial charge in [-0.15, -0.1) is 0 Å². The Morgan fingerprint density at radius 3 is 1.69 bits per heavy atom. The molecule has 3 aromatic carbocycles. The van der Waals surface area contributed by atoms with Gasteiger partial charge in [-0.05, 0) is 16.7 Å². The fourth-order valence-corrected chi connectivity index (χ4v) is 3.32. The molecule has 0 aromatic heterocycles. The Morgan fingerprint density at radius 2 is 1.24 bits per heavy atom. The van der Waals surface area contributed by atoms with Gasteiger partial charge in [0.25, 0.3) is 0 Å². The molecule has 0 saturated carbocycles. The maximum Gasteiger partial charge on any atom is 0.240 e. The number of amides is 1. The largest absolute Gasteiger partial charge is 0.383 e. The molecular formula is C25H28N2O2. The van der Waals surface area contributed by atoms with E-state index < -0.39 is 0 Å². The van der Waals surface area contributed by atoms with Gasteiger partial charge in [0.15, 0.2) is 0 Å². The normalized spacial score (nSPS) is 11.9. The summed E-state index contributed by atoms with van der Waals surface area (Å²) in [5, 5.41) is 3.08. The molecule has 0 fully saturated rings. The van der Waals surface area contributed by atoms with E-state index in [9.17, 15) is 4.79 Å². The van der Waals surface area contributed by atoms with Gasteiger partial charge in [-0.25, -0.2) is 0 Å². The second-order valence-corrected chi connectivity index (χ2v) is 7.05. The molecule has 4 nitrogen and oxygen atoms in total. The molecule has 150 valence electrons. The highest BCUT2D eigenvalue weighted by atomic mass is 16.5. The van der Waals surface area contributed by atoms with Crippen molar-refractivity contribution < 1.29 is 9.53 Å². The molecule has 0 saturated heterocycles. The van der Waals surface area contributed by atoms with Crippen molar-refractivity contribution >= 4 is 5.91 Å². The summed E-state index contributed by atoms with van der Waals surface area (Å²) in [6.07, 6.45) is 0. The lowest BCUT2D eigenvalue weighted by atomic mass is 10.1. The van der Waals surface area contributed by atoms with Crippen molar-refractivity contribution in [3.63, 3.8) is 0 Å². The SMILES string of the molecule is COCC(C(=O)NCc1ccccc1)N(Cc1ccccc1)Cc1ccccc1. The first-order chi connectivity index (χ1) is 14.3. The second-order valence-electron chi connectivity index (χ2n) is 7.05. The van der Waals surface area contributed by atoms with Crippen LogP contribution < -0.4 is 5.32 Å². The molecule has 0 radical (unpaired) electrons. The van der Waals surface area contributed by atoms with Crippen molar-refractivity contribution in [2.75, 3.05) is 13.7 Å². The van der Waals surface area contributed by atoms with E-state index in [0.717, 1.165) is 5.56 Å². The first kappa shape index (κ1) is 20.8. The van der Waals surface area contributed by atoms with Gasteiger partial charge < -0.3 is 10.1 Å². The molecule has 1 unspecified atom stereocenters. The number of carbonyl (C=O) groups excluding carboxylic acids is 1. The minimum atomic E-state index is -0.385. The molecule has 0 heterocycles. The summed E-state index contributed by atoms with van der Waals surface area (Å²) in [6, 6.07) is 30.0. The Bertz CT molecular complexity index is 812. The topological polar surface area (TPSA) is 41.6 Å². The Hall–Kier alpha value is -2.95. The zero-order valence-corrected chi connectivity index (χ0v) is 16.8. The third-order valence-electron chi connectivity index (χ3n) is 4.83. The van der Waals surface area contributed by atoms with Gasteiger partial charge in [-0.3, -0.25) is 9.69 Å². The van der Waals surface area contributed by atoms with Crippen LogP contribution in [0.2, 0.25) is 0 Å². The number of ether oxygens (including phenoxy) is 1. The summed E-state index contributed by atoms with van der Waals surface area (Å²) in [7, 11) is 1.64. The summed E-state index contributed by atoms with van der Waals surface area (Å²) in [6.45, 7) is 2.18. The lowest BCUT2D eigenvalue weighted by Crippen LogP contribution is -2.48. The number of methoxy groups -OCH3 is 1. The molecule has 0 aliphatic rings. The number of nitrogens with one attached hydrogen (secondary N) is 1. The first-order valence-electron chi connectivity index (χ1n) is 9.88. The molecule has 0 spiro atoms. The lowest BCUT2D eigenvalue weighted by molar-refractivity contribution is -0.129. The number of nitrogens with zero attached hydrogens (tertiary/aromatic N) is 1. The number of benzene rings is 3. The number of carbonyl (C=O) groups is 1. The maximum atomic E-state index is 13.1. The van der Waals surface area contributed by atoms with Crippen LogP contribution in [-0.4, -0.2) is 30.6 Å². The zero-order chi connectivity index (χ0) is 20.3. The van der Waals surface area contributed by atoms with Gasteiger partial charge >= 0.3 is 0 Å². The number of hydrogen-bond donors (Lipinski definition) is 1. The van der Waals surface area contributed by atoms with Crippen LogP contribution >= 0.6 is 0 Å². The van der Waals surface area contributed by atoms with Gasteiger partial charge in [0.05, 0.1) is 6.61 Å². The van der Waals surface area contributed by atoms with Crippen molar-refractivity contribution in [3.8, 4) is 0 Å². The van der Waals surface area contributed by atoms with E-state index in [1.54, 1.807) is 7.11 Å². The molecule has 1 N–H and O–H groups in total. The van der Waals surface area contributed by atoms with Gasteiger partial charge in [0, 0.05) is 26.7 Å². The molecule has 1 amide bonds. The first-order valence-corrected chi connectivity index (χ1v) is 9.88. The third kappa shape index (κ3) is 6.56. The van der Waals surface area contributed by atoms with Crippen molar-refractivity contribution in [1.82, 2.24) is 10.2 Å². The van der Waals surface area contributed by atoms with Crippen LogP contribution in [0.3, 0.4) is 0 Å². The molecule has 1 atom stereocenters. The minimum absolute atomic E-state index is 0.0254. The van der Waals surface area contributed by atoms with E-state index in [1.807, 2.05) is 66.7 Å². The predicted molar refractivity (Wildman–Crippen MR) is 116 cm³/mol. The second kappa shape index (κ2) is 11.1. The zero-order valence-electron chi connectivity index (χ0n) is 16.8. The predicted octanol–water partition coefficient (Wildman–Crippen LogP) is 4.02. The number of rotatable bonds is 10. The molecule has 0 bridgehead atoms. The number of hydrogen-bond acceptors (Lipinski definition) is 3. The van der Waals surface area contributed by atoms with Crippen molar-refractivity contribution in [2.24, 2.45) is 0 Å². The Labute approximate surface area is 173 Å². The van der Waals surface area contributed by atoms with Crippen molar-refractivity contribution in [1.29, 1.82) is 0 Å². The summed E-state index contributed by atoms with van der Waals surface area (Å²) in [5.41, 5.74) is 3.41. The summed E-state index contributed by atoms with van der Waals surface area (Å²) in [5.74, 6) is -0.0254. The van der Waals surface area contributed by atoms with Crippen LogP contribution in [0.25, 0.3) is 0 Å².